The molecule has 1 aliphatic heterocycles. The largest absolute Gasteiger partial charge is 0.325 e. The first kappa shape index (κ1) is 18.0. The molecular weight excluding hydrogens is 368 g/mol. The summed E-state index contributed by atoms with van der Waals surface area (Å²) >= 11 is 0. The van der Waals surface area contributed by atoms with Gasteiger partial charge in [-0.3, -0.25) is 9.59 Å². The third kappa shape index (κ3) is 3.69. The Balaban J connectivity index is 1.58. The summed E-state index contributed by atoms with van der Waals surface area (Å²) in [6.07, 6.45) is 6.86. The Hall–Kier alpha value is -2.42. The number of hydrogen-bond donors (Lipinski definition) is 2. The molecule has 9 heteroatoms. The number of carbonyl (C=O) groups excluding carboxylic acids is 1. The Morgan fingerprint density at radius 3 is 2.85 bits per heavy atom. The molecule has 0 radical (unpaired) electrons. The van der Waals surface area contributed by atoms with Gasteiger partial charge in [-0.2, -0.15) is 5.10 Å². The summed E-state index contributed by atoms with van der Waals surface area (Å²) < 4.78 is 25.0. The SMILES string of the molecule is O=C(Nc1ccnn1C1CCS(=O)(=O)C1)c1cc2c([nH]c1=O)CCCCC2. The highest BCUT2D eigenvalue weighted by Crippen LogP contribution is 2.26. The summed E-state index contributed by atoms with van der Waals surface area (Å²) in [7, 11) is -3.07. The molecule has 3 heterocycles. The highest BCUT2D eigenvalue weighted by molar-refractivity contribution is 7.91. The highest BCUT2D eigenvalue weighted by Gasteiger charge is 2.31. The fourth-order valence-corrected chi connectivity index (χ4v) is 5.57. The Morgan fingerprint density at radius 1 is 1.26 bits per heavy atom. The molecule has 4 rings (SSSR count). The van der Waals surface area contributed by atoms with Crippen molar-refractivity contribution in [3.05, 3.63) is 45.5 Å². The second-order valence-corrected chi connectivity index (χ2v) is 9.48. The van der Waals surface area contributed by atoms with Crippen LogP contribution in [0, 0.1) is 0 Å². The number of rotatable bonds is 3. The average Bonchev–Trinajstić information content (AvgIpc) is 3.13. The van der Waals surface area contributed by atoms with Gasteiger partial charge in [0.25, 0.3) is 11.5 Å². The van der Waals surface area contributed by atoms with E-state index in [0.717, 1.165) is 43.4 Å². The van der Waals surface area contributed by atoms with E-state index in [1.807, 2.05) is 0 Å². The van der Waals surface area contributed by atoms with Crippen LogP contribution in [-0.4, -0.2) is 40.6 Å². The molecule has 0 bridgehead atoms. The number of anilines is 1. The monoisotopic (exact) mass is 390 g/mol. The third-order valence-electron chi connectivity index (χ3n) is 5.30. The zero-order chi connectivity index (χ0) is 19.0. The number of fused-ring (bicyclic) bond motifs is 1. The molecule has 2 N–H and O–H groups in total. The van der Waals surface area contributed by atoms with Crippen LogP contribution in [0.1, 0.15) is 53.3 Å². The molecule has 0 spiro atoms. The van der Waals surface area contributed by atoms with Crippen molar-refractivity contribution in [3.8, 4) is 0 Å². The number of H-pyrrole nitrogens is 1. The molecule has 8 nitrogen and oxygen atoms in total. The molecular formula is C18H22N4O4S. The Bertz CT molecular complexity index is 1040. The van der Waals surface area contributed by atoms with Crippen molar-refractivity contribution in [3.63, 3.8) is 0 Å². The lowest BCUT2D eigenvalue weighted by Gasteiger charge is -2.14. The van der Waals surface area contributed by atoms with E-state index in [1.165, 1.54) is 10.9 Å². The normalized spacial score (nSPS) is 21.4. The van der Waals surface area contributed by atoms with Gasteiger partial charge in [0, 0.05) is 11.8 Å². The molecule has 1 aliphatic carbocycles. The van der Waals surface area contributed by atoms with E-state index in [1.54, 1.807) is 12.1 Å². The molecule has 2 aromatic heterocycles. The number of sulfone groups is 1. The van der Waals surface area contributed by atoms with Crippen LogP contribution in [0.2, 0.25) is 0 Å². The van der Waals surface area contributed by atoms with Crippen molar-refractivity contribution < 1.29 is 13.2 Å². The van der Waals surface area contributed by atoms with Gasteiger partial charge in [-0.25, -0.2) is 13.1 Å². The summed E-state index contributed by atoms with van der Waals surface area (Å²) in [5.74, 6) is 0.0224. The van der Waals surface area contributed by atoms with Gasteiger partial charge in [0.2, 0.25) is 0 Å². The number of nitrogens with zero attached hydrogens (tertiary/aromatic N) is 2. The summed E-state index contributed by atoms with van der Waals surface area (Å²) in [5.41, 5.74) is 1.62. The molecule has 1 amide bonds. The van der Waals surface area contributed by atoms with E-state index < -0.39 is 21.3 Å². The smallest absolute Gasteiger partial charge is 0.262 e. The van der Waals surface area contributed by atoms with Crippen LogP contribution in [0.5, 0.6) is 0 Å². The van der Waals surface area contributed by atoms with Crippen LogP contribution < -0.4 is 10.9 Å². The topological polar surface area (TPSA) is 114 Å². The number of aromatic amines is 1. The van der Waals surface area contributed by atoms with Gasteiger partial charge in [-0.1, -0.05) is 6.42 Å². The van der Waals surface area contributed by atoms with Crippen LogP contribution in [0.4, 0.5) is 5.82 Å². The number of nitrogens with one attached hydrogen (secondary N) is 2. The van der Waals surface area contributed by atoms with Crippen molar-refractivity contribution in [1.82, 2.24) is 14.8 Å². The van der Waals surface area contributed by atoms with Crippen molar-refractivity contribution in [1.29, 1.82) is 0 Å². The van der Waals surface area contributed by atoms with Crippen LogP contribution in [0.15, 0.2) is 23.1 Å². The van der Waals surface area contributed by atoms with E-state index in [9.17, 15) is 18.0 Å². The Morgan fingerprint density at radius 2 is 2.07 bits per heavy atom. The van der Waals surface area contributed by atoms with Crippen LogP contribution >= 0.6 is 0 Å². The van der Waals surface area contributed by atoms with E-state index >= 15 is 0 Å². The van der Waals surface area contributed by atoms with E-state index in [2.05, 4.69) is 15.4 Å². The summed E-state index contributed by atoms with van der Waals surface area (Å²) in [4.78, 5) is 27.9. The zero-order valence-electron chi connectivity index (χ0n) is 14.9. The van der Waals surface area contributed by atoms with Gasteiger partial charge in [0.05, 0.1) is 23.7 Å². The fraction of sp³-hybridized carbons (Fsp3) is 0.500. The number of amides is 1. The first-order valence-electron chi connectivity index (χ1n) is 9.23. The minimum Gasteiger partial charge on any atom is -0.325 e. The number of hydrogen-bond acceptors (Lipinski definition) is 5. The molecule has 1 atom stereocenters. The molecule has 0 aromatic carbocycles. The number of carbonyl (C=O) groups is 1. The van der Waals surface area contributed by atoms with Gasteiger partial charge < -0.3 is 10.3 Å². The molecule has 27 heavy (non-hydrogen) atoms. The first-order chi connectivity index (χ1) is 12.9. The fourth-order valence-electron chi connectivity index (χ4n) is 3.88. The van der Waals surface area contributed by atoms with Gasteiger partial charge in [0.15, 0.2) is 9.84 Å². The van der Waals surface area contributed by atoms with Crippen molar-refractivity contribution in [2.45, 2.75) is 44.6 Å². The van der Waals surface area contributed by atoms with Crippen LogP contribution in [0.25, 0.3) is 0 Å². The zero-order valence-corrected chi connectivity index (χ0v) is 15.7. The van der Waals surface area contributed by atoms with Crippen molar-refractivity contribution in [2.24, 2.45) is 0 Å². The predicted molar refractivity (Wildman–Crippen MR) is 101 cm³/mol. The minimum absolute atomic E-state index is 0.0109. The van der Waals surface area contributed by atoms with E-state index in [0.29, 0.717) is 12.2 Å². The maximum absolute atomic E-state index is 12.7. The maximum atomic E-state index is 12.7. The van der Waals surface area contributed by atoms with Crippen molar-refractivity contribution in [2.75, 3.05) is 16.8 Å². The standard InChI is InChI=1S/C18H22N4O4S/c23-17-14(10-12-4-2-1-3-5-15(12)20-17)18(24)21-16-6-8-19-22(16)13-7-9-27(25,26)11-13/h6,8,10,13H,1-5,7,9,11H2,(H,20,23)(H,21,24). The second-order valence-electron chi connectivity index (χ2n) is 7.25. The van der Waals surface area contributed by atoms with Crippen LogP contribution in [0.3, 0.4) is 0 Å². The Labute approximate surface area is 156 Å². The number of aromatic nitrogens is 3. The lowest BCUT2D eigenvalue weighted by Crippen LogP contribution is -2.26. The maximum Gasteiger partial charge on any atom is 0.262 e. The summed E-state index contributed by atoms with van der Waals surface area (Å²) in [5, 5.41) is 6.89. The van der Waals surface area contributed by atoms with Gasteiger partial charge in [0.1, 0.15) is 11.4 Å². The minimum atomic E-state index is -3.07. The average molecular weight is 390 g/mol. The van der Waals surface area contributed by atoms with E-state index in [-0.39, 0.29) is 23.1 Å². The van der Waals surface area contributed by atoms with Gasteiger partial charge in [-0.05, 0) is 43.7 Å². The first-order valence-corrected chi connectivity index (χ1v) is 11.1. The molecule has 2 aliphatic rings. The second kappa shape index (κ2) is 6.95. The van der Waals surface area contributed by atoms with Crippen LogP contribution in [-0.2, 0) is 22.7 Å². The number of aryl methyl sites for hydroxylation is 2. The molecule has 1 saturated heterocycles. The number of pyridine rings is 1. The van der Waals surface area contributed by atoms with Gasteiger partial charge >= 0.3 is 0 Å². The summed E-state index contributed by atoms with van der Waals surface area (Å²) in [6.45, 7) is 0. The lowest BCUT2D eigenvalue weighted by atomic mass is 10.1. The lowest BCUT2D eigenvalue weighted by molar-refractivity contribution is 0.102. The van der Waals surface area contributed by atoms with E-state index in [4.69, 9.17) is 0 Å². The molecule has 2 aromatic rings. The quantitative estimate of drug-likeness (QED) is 0.770. The predicted octanol–water partition coefficient (Wildman–Crippen LogP) is 1.45. The third-order valence-corrected chi connectivity index (χ3v) is 7.05. The Kier molecular flexibility index (Phi) is 4.63. The molecule has 1 unspecified atom stereocenters. The molecule has 144 valence electrons. The summed E-state index contributed by atoms with van der Waals surface area (Å²) in [6, 6.07) is 3.00. The molecule has 0 saturated carbocycles. The van der Waals surface area contributed by atoms with Gasteiger partial charge in [-0.15, -0.1) is 0 Å². The molecule has 1 fully saturated rings. The highest BCUT2D eigenvalue weighted by atomic mass is 32.2. The van der Waals surface area contributed by atoms with Crippen molar-refractivity contribution >= 4 is 21.6 Å².